The average molecular weight is 502 g/mol. The van der Waals surface area contributed by atoms with Crippen molar-refractivity contribution in [3.8, 4) is 5.75 Å². The lowest BCUT2D eigenvalue weighted by Crippen LogP contribution is -2.55. The number of carbonyl (C=O) groups is 2. The van der Waals surface area contributed by atoms with Crippen molar-refractivity contribution in [1.29, 1.82) is 0 Å². The molecular formula is C24H34ClF2N3O4. The van der Waals surface area contributed by atoms with Crippen LogP contribution in [0.3, 0.4) is 0 Å². The molecule has 1 saturated heterocycles. The van der Waals surface area contributed by atoms with E-state index in [0.717, 1.165) is 25.7 Å². The summed E-state index contributed by atoms with van der Waals surface area (Å²) in [7, 11) is 0. The number of ether oxygens (including phenoxy) is 2. The van der Waals surface area contributed by atoms with Crippen LogP contribution >= 0.6 is 11.6 Å². The summed E-state index contributed by atoms with van der Waals surface area (Å²) in [6, 6.07) is 1.45. The molecule has 7 nitrogen and oxygen atoms in total. The van der Waals surface area contributed by atoms with Gasteiger partial charge >= 0.3 is 6.09 Å². The SMILES string of the molecule is CC(C)(C)OC(=O)NC1CCN(C(=O)C(N)C(F)(F)c2ccc(Cl)c(OC3CCCC3)c2)CC1. The first-order valence-corrected chi connectivity index (χ1v) is 12.1. The lowest BCUT2D eigenvalue weighted by atomic mass is 9.98. The van der Waals surface area contributed by atoms with Crippen molar-refractivity contribution >= 4 is 23.6 Å². The molecule has 3 rings (SSSR count). The van der Waals surface area contributed by atoms with Gasteiger partial charge in [0.1, 0.15) is 11.4 Å². The molecule has 1 aromatic rings. The molecule has 1 saturated carbocycles. The van der Waals surface area contributed by atoms with E-state index in [1.807, 2.05) is 0 Å². The fraction of sp³-hybridized carbons (Fsp3) is 0.667. The van der Waals surface area contributed by atoms with E-state index in [2.05, 4.69) is 5.32 Å². The van der Waals surface area contributed by atoms with Crippen LogP contribution in [0.1, 0.15) is 64.9 Å². The molecule has 1 atom stereocenters. The summed E-state index contributed by atoms with van der Waals surface area (Å²) in [5.41, 5.74) is 4.76. The number of carbonyl (C=O) groups excluding carboxylic acids is 2. The highest BCUT2D eigenvalue weighted by molar-refractivity contribution is 6.32. The third-order valence-corrected chi connectivity index (χ3v) is 6.41. The van der Waals surface area contributed by atoms with Crippen molar-refractivity contribution < 1.29 is 27.8 Å². The molecule has 0 aromatic heterocycles. The van der Waals surface area contributed by atoms with Crippen LogP contribution in [-0.2, 0) is 15.5 Å². The zero-order valence-corrected chi connectivity index (χ0v) is 20.7. The maximum atomic E-state index is 15.2. The highest BCUT2D eigenvalue weighted by atomic mass is 35.5. The fourth-order valence-electron chi connectivity index (χ4n) is 4.24. The molecule has 0 radical (unpaired) electrons. The lowest BCUT2D eigenvalue weighted by molar-refractivity contribution is -0.144. The van der Waals surface area contributed by atoms with Gasteiger partial charge in [-0.25, -0.2) is 4.79 Å². The van der Waals surface area contributed by atoms with Crippen molar-refractivity contribution in [3.63, 3.8) is 0 Å². The van der Waals surface area contributed by atoms with Gasteiger partial charge in [0.15, 0.2) is 6.04 Å². The van der Waals surface area contributed by atoms with E-state index >= 15 is 8.78 Å². The third kappa shape index (κ3) is 6.72. The monoisotopic (exact) mass is 501 g/mol. The van der Waals surface area contributed by atoms with Gasteiger partial charge in [0.25, 0.3) is 5.92 Å². The minimum absolute atomic E-state index is 0.0488. The molecule has 1 unspecified atom stereocenters. The fourth-order valence-corrected chi connectivity index (χ4v) is 4.40. The molecule has 0 spiro atoms. The van der Waals surface area contributed by atoms with E-state index < -0.39 is 35.1 Å². The third-order valence-electron chi connectivity index (χ3n) is 6.10. The molecule has 1 heterocycles. The number of amides is 2. The van der Waals surface area contributed by atoms with Gasteiger partial charge in [0, 0.05) is 24.7 Å². The number of alkyl carbamates (subject to hydrolysis) is 1. The maximum absolute atomic E-state index is 15.2. The van der Waals surface area contributed by atoms with Crippen LogP contribution in [-0.4, -0.2) is 53.8 Å². The first-order chi connectivity index (χ1) is 15.9. The number of nitrogens with one attached hydrogen (secondary N) is 1. The van der Waals surface area contributed by atoms with Gasteiger partial charge in [-0.1, -0.05) is 17.7 Å². The summed E-state index contributed by atoms with van der Waals surface area (Å²) < 4.78 is 41.5. The molecule has 0 bridgehead atoms. The Kier molecular flexibility index (Phi) is 8.29. The number of likely N-dealkylation sites (tertiary alicyclic amines) is 1. The predicted molar refractivity (Wildman–Crippen MR) is 125 cm³/mol. The predicted octanol–water partition coefficient (Wildman–Crippen LogP) is 4.60. The molecule has 2 fully saturated rings. The summed E-state index contributed by atoms with van der Waals surface area (Å²) >= 11 is 6.16. The number of nitrogens with zero attached hydrogens (tertiary/aromatic N) is 1. The maximum Gasteiger partial charge on any atom is 0.407 e. The van der Waals surface area contributed by atoms with E-state index in [1.165, 1.54) is 23.1 Å². The summed E-state index contributed by atoms with van der Waals surface area (Å²) in [5.74, 6) is -4.27. The second kappa shape index (κ2) is 10.6. The number of nitrogens with two attached hydrogens (primary N) is 1. The average Bonchev–Trinajstić information content (AvgIpc) is 3.26. The van der Waals surface area contributed by atoms with E-state index in [1.54, 1.807) is 20.8 Å². The topological polar surface area (TPSA) is 93.9 Å². The van der Waals surface area contributed by atoms with Gasteiger partial charge in [-0.15, -0.1) is 0 Å². The molecule has 1 aliphatic heterocycles. The molecule has 10 heteroatoms. The Morgan fingerprint density at radius 2 is 1.76 bits per heavy atom. The standard InChI is InChI=1S/C24H34ClF2N3O4/c1-23(2,3)34-22(32)29-16-10-12-30(13-11-16)21(31)20(28)24(26,27)15-8-9-18(25)19(14-15)33-17-6-4-5-7-17/h8-9,14,16-17,20H,4-7,10-13,28H2,1-3H3,(H,29,32). The van der Waals surface area contributed by atoms with Crippen molar-refractivity contribution in [2.24, 2.45) is 5.73 Å². The highest BCUT2D eigenvalue weighted by Gasteiger charge is 2.46. The van der Waals surface area contributed by atoms with Crippen molar-refractivity contribution in [3.05, 3.63) is 28.8 Å². The lowest BCUT2D eigenvalue weighted by Gasteiger charge is -2.35. The molecular weight excluding hydrogens is 468 g/mol. The molecule has 2 aliphatic rings. The van der Waals surface area contributed by atoms with Gasteiger partial charge in [-0.05, 0) is 71.4 Å². The van der Waals surface area contributed by atoms with Crippen molar-refractivity contribution in [1.82, 2.24) is 10.2 Å². The molecule has 3 N–H and O–H groups in total. The van der Waals surface area contributed by atoms with Crippen molar-refractivity contribution in [2.45, 2.75) is 89.0 Å². The Morgan fingerprint density at radius 3 is 2.35 bits per heavy atom. The van der Waals surface area contributed by atoms with Crippen LogP contribution in [0.4, 0.5) is 13.6 Å². The number of piperidine rings is 1. The largest absolute Gasteiger partial charge is 0.489 e. The van der Waals surface area contributed by atoms with Gasteiger partial charge in [-0.3, -0.25) is 4.79 Å². The highest BCUT2D eigenvalue weighted by Crippen LogP contribution is 2.38. The number of hydrogen-bond donors (Lipinski definition) is 2. The zero-order chi connectivity index (χ0) is 25.1. The summed E-state index contributed by atoms with van der Waals surface area (Å²) in [6.45, 7) is 5.71. The zero-order valence-electron chi connectivity index (χ0n) is 19.9. The molecule has 1 aliphatic carbocycles. The Morgan fingerprint density at radius 1 is 1.15 bits per heavy atom. The van der Waals surface area contributed by atoms with E-state index in [-0.39, 0.29) is 36.0 Å². The number of benzene rings is 1. The normalized spacial score (nSPS) is 19.1. The van der Waals surface area contributed by atoms with Crippen LogP contribution < -0.4 is 15.8 Å². The van der Waals surface area contributed by atoms with Crippen LogP contribution in [0.5, 0.6) is 5.75 Å². The van der Waals surface area contributed by atoms with Gasteiger partial charge in [-0.2, -0.15) is 8.78 Å². The van der Waals surface area contributed by atoms with Gasteiger partial charge in [0.2, 0.25) is 5.91 Å². The first kappa shape index (κ1) is 26.5. The smallest absolute Gasteiger partial charge is 0.407 e. The summed E-state index contributed by atoms with van der Waals surface area (Å²) in [4.78, 5) is 26.1. The first-order valence-electron chi connectivity index (χ1n) is 11.7. The number of rotatable bonds is 6. The van der Waals surface area contributed by atoms with E-state index in [0.29, 0.717) is 12.8 Å². The minimum atomic E-state index is -3.61. The second-order valence-electron chi connectivity index (χ2n) is 10.0. The molecule has 34 heavy (non-hydrogen) atoms. The van der Waals surface area contributed by atoms with Crippen molar-refractivity contribution in [2.75, 3.05) is 13.1 Å². The second-order valence-corrected chi connectivity index (χ2v) is 10.4. The quantitative estimate of drug-likeness (QED) is 0.594. The van der Waals surface area contributed by atoms with Crippen LogP contribution in [0.25, 0.3) is 0 Å². The van der Waals surface area contributed by atoms with Crippen LogP contribution in [0.2, 0.25) is 5.02 Å². The molecule has 1 aromatic carbocycles. The molecule has 2 amide bonds. The van der Waals surface area contributed by atoms with Crippen LogP contribution in [0, 0.1) is 0 Å². The number of alkyl halides is 2. The Balaban J connectivity index is 1.60. The van der Waals surface area contributed by atoms with Gasteiger partial charge in [0.05, 0.1) is 11.1 Å². The molecule has 190 valence electrons. The van der Waals surface area contributed by atoms with Gasteiger partial charge < -0.3 is 25.4 Å². The Bertz CT molecular complexity index is 879. The van der Waals surface area contributed by atoms with E-state index in [9.17, 15) is 9.59 Å². The van der Waals surface area contributed by atoms with Crippen LogP contribution in [0.15, 0.2) is 18.2 Å². The Labute approximate surface area is 204 Å². The summed E-state index contributed by atoms with van der Waals surface area (Å²) in [5, 5.41) is 3.00. The van der Waals surface area contributed by atoms with E-state index in [4.69, 9.17) is 26.8 Å². The minimum Gasteiger partial charge on any atom is -0.489 e. The number of halogens is 3. The summed E-state index contributed by atoms with van der Waals surface area (Å²) in [6.07, 6.45) is 4.02. The number of hydrogen-bond acceptors (Lipinski definition) is 5. The Hall–Kier alpha value is -2.13.